The van der Waals surface area contributed by atoms with Gasteiger partial charge in [0.15, 0.2) is 4.77 Å². The highest BCUT2D eigenvalue weighted by atomic mass is 32.1. The number of carbonyl (C=O) groups is 1. The number of amides is 1. The summed E-state index contributed by atoms with van der Waals surface area (Å²) in [4.78, 5) is 12.3. The number of nitrogens with zero attached hydrogens (tertiary/aromatic N) is 2. The Balaban J connectivity index is 1.31. The van der Waals surface area contributed by atoms with Gasteiger partial charge in [0.05, 0.1) is 0 Å². The third-order valence-electron chi connectivity index (χ3n) is 5.83. The van der Waals surface area contributed by atoms with Crippen molar-refractivity contribution in [3.63, 3.8) is 0 Å². The van der Waals surface area contributed by atoms with Crippen LogP contribution in [0.4, 0.5) is 0 Å². The van der Waals surface area contributed by atoms with Gasteiger partial charge in [-0.15, -0.1) is 0 Å². The largest absolute Gasteiger partial charge is 0.354 e. The molecule has 0 aromatic carbocycles. The molecule has 1 heterocycles. The first kappa shape index (κ1) is 13.5. The van der Waals surface area contributed by atoms with E-state index in [2.05, 4.69) is 22.4 Å². The normalized spacial score (nSPS) is 35.8. The maximum Gasteiger partial charge on any atom is 0.223 e. The molecule has 0 unspecified atom stereocenters. The van der Waals surface area contributed by atoms with Gasteiger partial charge in [-0.25, -0.2) is 0 Å². The van der Waals surface area contributed by atoms with Gasteiger partial charge in [0.25, 0.3) is 0 Å². The predicted molar refractivity (Wildman–Crippen MR) is 81.1 cm³/mol. The predicted octanol–water partition coefficient (Wildman–Crippen LogP) is 1.91. The monoisotopic (exact) mass is 306 g/mol. The van der Waals surface area contributed by atoms with Crippen molar-refractivity contribution in [1.82, 2.24) is 20.1 Å². The van der Waals surface area contributed by atoms with Gasteiger partial charge in [-0.1, -0.05) is 6.92 Å². The Morgan fingerprint density at radius 1 is 1.43 bits per heavy atom. The number of rotatable bonds is 5. The molecule has 21 heavy (non-hydrogen) atoms. The highest BCUT2D eigenvalue weighted by molar-refractivity contribution is 7.71. The zero-order valence-electron chi connectivity index (χ0n) is 12.3. The number of hydrogen-bond donors (Lipinski definition) is 2. The molecule has 4 rings (SSSR count). The van der Waals surface area contributed by atoms with E-state index in [0.717, 1.165) is 24.1 Å². The lowest BCUT2D eigenvalue weighted by molar-refractivity contribution is -0.123. The van der Waals surface area contributed by atoms with Gasteiger partial charge in [0.1, 0.15) is 5.82 Å². The fourth-order valence-corrected chi connectivity index (χ4v) is 5.18. The number of hydrogen-bond acceptors (Lipinski definition) is 3. The molecule has 3 saturated carbocycles. The molecule has 0 radical (unpaired) electrons. The zero-order chi connectivity index (χ0) is 14.6. The summed E-state index contributed by atoms with van der Waals surface area (Å²) in [7, 11) is 0. The number of aromatic amines is 1. The van der Waals surface area contributed by atoms with Crippen LogP contribution in [0.2, 0.25) is 0 Å². The molecule has 114 valence electrons. The van der Waals surface area contributed by atoms with Gasteiger partial charge in [-0.2, -0.15) is 5.10 Å². The van der Waals surface area contributed by atoms with Crippen molar-refractivity contribution in [2.24, 2.45) is 29.6 Å². The molecule has 3 aliphatic carbocycles. The molecular formula is C15H22N4OS. The molecular weight excluding hydrogens is 284 g/mol. The number of aromatic nitrogens is 3. The highest BCUT2D eigenvalue weighted by Gasteiger charge is 2.67. The number of H-pyrrole nitrogens is 1. The topological polar surface area (TPSA) is 62.7 Å². The van der Waals surface area contributed by atoms with Crippen molar-refractivity contribution in [2.75, 3.05) is 6.54 Å². The standard InChI is InChI=1S/C15H22N4OS/c1-2-10-17-18-15(21)19(10)6-5-16-14(20)13-11-8-3-4-9(7-8)12(11)13/h8-9,11-13H,2-7H2,1H3,(H,16,20)(H,18,21)/t8-,9-,11-,12-/m0/s1. The molecule has 0 aliphatic heterocycles. The summed E-state index contributed by atoms with van der Waals surface area (Å²) in [6.07, 6.45) is 4.96. The molecule has 3 aliphatic rings. The number of carbonyl (C=O) groups excluding carboxylic acids is 1. The fourth-order valence-electron chi connectivity index (χ4n) is 4.94. The number of fused-ring (bicyclic) bond motifs is 5. The molecule has 5 nitrogen and oxygen atoms in total. The minimum Gasteiger partial charge on any atom is -0.354 e. The average Bonchev–Trinajstić information content (AvgIpc) is 2.78. The zero-order valence-corrected chi connectivity index (χ0v) is 13.2. The van der Waals surface area contributed by atoms with Crippen molar-refractivity contribution >= 4 is 18.1 Å². The van der Waals surface area contributed by atoms with Gasteiger partial charge in [-0.05, 0) is 55.2 Å². The van der Waals surface area contributed by atoms with E-state index in [1.807, 2.05) is 4.57 Å². The lowest BCUT2D eigenvalue weighted by atomic mass is 10.0. The molecule has 4 atom stereocenters. The van der Waals surface area contributed by atoms with Gasteiger partial charge >= 0.3 is 0 Å². The fraction of sp³-hybridized carbons (Fsp3) is 0.800. The summed E-state index contributed by atoms with van der Waals surface area (Å²) in [5.41, 5.74) is 0. The van der Waals surface area contributed by atoms with Crippen LogP contribution >= 0.6 is 12.2 Å². The summed E-state index contributed by atoms with van der Waals surface area (Å²) in [6, 6.07) is 0. The van der Waals surface area contributed by atoms with Gasteiger partial charge in [0, 0.05) is 25.4 Å². The Kier molecular flexibility index (Phi) is 3.17. The van der Waals surface area contributed by atoms with Crippen LogP contribution in [0.5, 0.6) is 0 Å². The third kappa shape index (κ3) is 2.06. The summed E-state index contributed by atoms with van der Waals surface area (Å²) >= 11 is 5.22. The summed E-state index contributed by atoms with van der Waals surface area (Å²) in [6.45, 7) is 3.41. The van der Waals surface area contributed by atoms with E-state index in [4.69, 9.17) is 12.2 Å². The van der Waals surface area contributed by atoms with Crippen LogP contribution < -0.4 is 5.32 Å². The molecule has 2 N–H and O–H groups in total. The van der Waals surface area contributed by atoms with Gasteiger partial charge < -0.3 is 9.88 Å². The molecule has 3 fully saturated rings. The Labute approximate surface area is 129 Å². The minimum absolute atomic E-state index is 0.273. The van der Waals surface area contributed by atoms with Crippen LogP contribution in [0.3, 0.4) is 0 Å². The lowest BCUT2D eigenvalue weighted by Crippen LogP contribution is -2.30. The van der Waals surface area contributed by atoms with E-state index >= 15 is 0 Å². The molecule has 1 aromatic heterocycles. The SMILES string of the molecule is CCc1n[nH]c(=S)n1CCNC(=O)C1[C@H]2[C@H]3CC[C@@H](C3)[C@H]12. The number of aryl methyl sites for hydroxylation is 1. The van der Waals surface area contributed by atoms with Crippen molar-refractivity contribution in [1.29, 1.82) is 0 Å². The average molecular weight is 306 g/mol. The Morgan fingerprint density at radius 3 is 2.81 bits per heavy atom. The van der Waals surface area contributed by atoms with Crippen LogP contribution in [0.25, 0.3) is 0 Å². The van der Waals surface area contributed by atoms with Crippen LogP contribution in [0.15, 0.2) is 0 Å². The smallest absolute Gasteiger partial charge is 0.223 e. The molecule has 0 saturated heterocycles. The highest BCUT2D eigenvalue weighted by Crippen LogP contribution is 2.69. The second kappa shape index (κ2) is 4.93. The van der Waals surface area contributed by atoms with E-state index in [0.29, 0.717) is 35.6 Å². The second-order valence-corrected chi connectivity index (χ2v) is 7.14. The quantitative estimate of drug-likeness (QED) is 0.817. The Morgan fingerprint density at radius 2 is 2.14 bits per heavy atom. The van der Waals surface area contributed by atoms with Crippen LogP contribution in [0.1, 0.15) is 32.0 Å². The van der Waals surface area contributed by atoms with E-state index in [1.54, 1.807) is 0 Å². The van der Waals surface area contributed by atoms with E-state index in [9.17, 15) is 4.79 Å². The van der Waals surface area contributed by atoms with E-state index in [1.165, 1.54) is 19.3 Å². The lowest BCUT2D eigenvalue weighted by Gasteiger charge is -2.10. The second-order valence-electron chi connectivity index (χ2n) is 6.75. The molecule has 1 amide bonds. The van der Waals surface area contributed by atoms with Gasteiger partial charge in [-0.3, -0.25) is 9.89 Å². The molecule has 0 spiro atoms. The maximum absolute atomic E-state index is 12.3. The maximum atomic E-state index is 12.3. The van der Waals surface area contributed by atoms with Crippen molar-refractivity contribution in [3.8, 4) is 0 Å². The Bertz CT molecular complexity index is 605. The molecule has 1 aromatic rings. The van der Waals surface area contributed by atoms with Crippen molar-refractivity contribution in [2.45, 2.75) is 39.2 Å². The Hall–Kier alpha value is -1.17. The van der Waals surface area contributed by atoms with Crippen molar-refractivity contribution in [3.05, 3.63) is 10.6 Å². The summed E-state index contributed by atoms with van der Waals surface area (Å²) in [5.74, 6) is 4.68. The first-order chi connectivity index (χ1) is 10.2. The summed E-state index contributed by atoms with van der Waals surface area (Å²) in [5, 5.41) is 10.1. The molecule has 6 heteroatoms. The van der Waals surface area contributed by atoms with Crippen LogP contribution in [-0.2, 0) is 17.8 Å². The minimum atomic E-state index is 0.273. The van der Waals surface area contributed by atoms with Crippen LogP contribution in [0, 0.1) is 34.4 Å². The van der Waals surface area contributed by atoms with E-state index in [-0.39, 0.29) is 5.91 Å². The van der Waals surface area contributed by atoms with Crippen molar-refractivity contribution < 1.29 is 4.79 Å². The first-order valence-electron chi connectivity index (χ1n) is 8.12. The van der Waals surface area contributed by atoms with E-state index < -0.39 is 0 Å². The first-order valence-corrected chi connectivity index (χ1v) is 8.53. The third-order valence-corrected chi connectivity index (χ3v) is 6.14. The van der Waals surface area contributed by atoms with Gasteiger partial charge in [0.2, 0.25) is 5.91 Å². The molecule has 2 bridgehead atoms. The number of nitrogens with one attached hydrogen (secondary N) is 2. The van der Waals surface area contributed by atoms with Crippen LogP contribution in [-0.4, -0.2) is 27.2 Å². The summed E-state index contributed by atoms with van der Waals surface area (Å²) < 4.78 is 2.62.